The zero-order chi connectivity index (χ0) is 15.1. The molecular formula is C16H22N2O2S. The highest BCUT2D eigenvalue weighted by atomic mass is 32.1. The maximum Gasteiger partial charge on any atom is 0.160 e. The van der Waals surface area contributed by atoms with Crippen LogP contribution >= 0.6 is 11.3 Å². The molecule has 0 amide bonds. The molecule has 0 fully saturated rings. The highest BCUT2D eigenvalue weighted by Crippen LogP contribution is 2.30. The number of thiazole rings is 1. The fourth-order valence-corrected chi connectivity index (χ4v) is 2.93. The minimum Gasteiger partial charge on any atom is -0.493 e. The Labute approximate surface area is 130 Å². The predicted octanol–water partition coefficient (Wildman–Crippen LogP) is 3.44. The van der Waals surface area contributed by atoms with Crippen molar-refractivity contribution >= 4 is 11.3 Å². The number of nitrogens with one attached hydrogen (secondary N) is 1. The molecule has 0 aliphatic heterocycles. The summed E-state index contributed by atoms with van der Waals surface area (Å²) in [4.78, 5) is 5.45. The normalized spacial score (nSPS) is 12.1. The second kappa shape index (κ2) is 8.00. The van der Waals surface area contributed by atoms with E-state index in [0.717, 1.165) is 30.9 Å². The van der Waals surface area contributed by atoms with E-state index in [0.29, 0.717) is 0 Å². The van der Waals surface area contributed by atoms with Crippen LogP contribution in [-0.4, -0.2) is 25.7 Å². The molecule has 4 nitrogen and oxygen atoms in total. The van der Waals surface area contributed by atoms with Gasteiger partial charge in [-0.1, -0.05) is 13.0 Å². The van der Waals surface area contributed by atoms with Crippen LogP contribution in [0.2, 0.25) is 0 Å². The molecule has 0 saturated carbocycles. The van der Waals surface area contributed by atoms with Crippen molar-refractivity contribution in [3.05, 3.63) is 40.3 Å². The molecule has 1 aromatic carbocycles. The predicted molar refractivity (Wildman–Crippen MR) is 86.4 cm³/mol. The molecule has 1 N–H and O–H groups in total. The summed E-state index contributed by atoms with van der Waals surface area (Å²) in [6.45, 7) is 3.17. The molecule has 0 saturated heterocycles. The van der Waals surface area contributed by atoms with Crippen molar-refractivity contribution in [3.63, 3.8) is 0 Å². The Balaban J connectivity index is 2.16. The van der Waals surface area contributed by atoms with Gasteiger partial charge in [-0.2, -0.15) is 0 Å². The van der Waals surface area contributed by atoms with Gasteiger partial charge in [0.25, 0.3) is 0 Å². The number of hydrogen-bond acceptors (Lipinski definition) is 5. The lowest BCUT2D eigenvalue weighted by molar-refractivity contribution is 0.354. The lowest BCUT2D eigenvalue weighted by atomic mass is 10.0. The fraction of sp³-hybridized carbons (Fsp3) is 0.438. The van der Waals surface area contributed by atoms with E-state index in [9.17, 15) is 0 Å². The fourth-order valence-electron chi connectivity index (χ4n) is 2.23. The molecule has 0 aliphatic carbocycles. The quantitative estimate of drug-likeness (QED) is 0.811. The zero-order valence-electron chi connectivity index (χ0n) is 12.8. The molecular weight excluding hydrogens is 284 g/mol. The van der Waals surface area contributed by atoms with Gasteiger partial charge in [-0.3, -0.25) is 4.98 Å². The second-order valence-corrected chi connectivity index (χ2v) is 5.72. The van der Waals surface area contributed by atoms with Gasteiger partial charge in [-0.15, -0.1) is 11.3 Å². The largest absolute Gasteiger partial charge is 0.493 e. The van der Waals surface area contributed by atoms with Crippen molar-refractivity contribution in [1.82, 2.24) is 10.3 Å². The van der Waals surface area contributed by atoms with Crippen LogP contribution in [-0.2, 0) is 6.42 Å². The van der Waals surface area contributed by atoms with Crippen LogP contribution in [0.3, 0.4) is 0 Å². The number of aromatic nitrogens is 1. The highest BCUT2D eigenvalue weighted by Gasteiger charge is 2.14. The van der Waals surface area contributed by atoms with Crippen LogP contribution in [0.4, 0.5) is 0 Å². The molecule has 2 aromatic rings. The van der Waals surface area contributed by atoms with Crippen molar-refractivity contribution in [2.45, 2.75) is 25.8 Å². The van der Waals surface area contributed by atoms with Crippen LogP contribution in [0.25, 0.3) is 0 Å². The number of hydrogen-bond donors (Lipinski definition) is 1. The first-order valence-corrected chi connectivity index (χ1v) is 7.99. The van der Waals surface area contributed by atoms with Crippen LogP contribution in [0, 0.1) is 0 Å². The second-order valence-electron chi connectivity index (χ2n) is 4.80. The molecule has 0 radical (unpaired) electrons. The Hall–Kier alpha value is -1.59. The van der Waals surface area contributed by atoms with E-state index < -0.39 is 0 Å². The Kier molecular flexibility index (Phi) is 6.02. The van der Waals surface area contributed by atoms with Gasteiger partial charge in [0.15, 0.2) is 11.5 Å². The van der Waals surface area contributed by atoms with E-state index in [1.54, 1.807) is 25.6 Å². The molecule has 21 heavy (non-hydrogen) atoms. The first-order chi connectivity index (χ1) is 10.3. The average Bonchev–Trinajstić information content (AvgIpc) is 3.05. The van der Waals surface area contributed by atoms with Gasteiger partial charge in [0.2, 0.25) is 0 Å². The third kappa shape index (κ3) is 4.19. The standard InChI is InChI=1S/C16H22N2O2S/c1-4-7-18-13(16-10-17-11-21-16)8-12-5-6-14(19-2)15(9-12)20-3/h5-6,9-11,13,18H,4,7-8H2,1-3H3. The summed E-state index contributed by atoms with van der Waals surface area (Å²) in [5.41, 5.74) is 3.10. The summed E-state index contributed by atoms with van der Waals surface area (Å²) >= 11 is 1.69. The van der Waals surface area contributed by atoms with E-state index >= 15 is 0 Å². The lowest BCUT2D eigenvalue weighted by Gasteiger charge is -2.18. The van der Waals surface area contributed by atoms with Crippen LogP contribution in [0.15, 0.2) is 29.9 Å². The summed E-state index contributed by atoms with van der Waals surface area (Å²) < 4.78 is 10.7. The molecule has 0 spiro atoms. The van der Waals surface area contributed by atoms with Gasteiger partial charge < -0.3 is 14.8 Å². The summed E-state index contributed by atoms with van der Waals surface area (Å²) in [6, 6.07) is 6.37. The lowest BCUT2D eigenvalue weighted by Crippen LogP contribution is -2.23. The number of benzene rings is 1. The van der Waals surface area contributed by atoms with E-state index in [2.05, 4.69) is 23.3 Å². The third-order valence-corrected chi connectivity index (χ3v) is 4.21. The van der Waals surface area contributed by atoms with Gasteiger partial charge >= 0.3 is 0 Å². The van der Waals surface area contributed by atoms with Crippen LogP contribution in [0.1, 0.15) is 29.8 Å². The van der Waals surface area contributed by atoms with Gasteiger partial charge in [0.1, 0.15) is 0 Å². The molecule has 1 unspecified atom stereocenters. The third-order valence-electron chi connectivity index (χ3n) is 3.32. The molecule has 1 aromatic heterocycles. The molecule has 0 aliphatic rings. The van der Waals surface area contributed by atoms with E-state index in [-0.39, 0.29) is 6.04 Å². The maximum absolute atomic E-state index is 5.38. The number of nitrogens with zero attached hydrogens (tertiary/aromatic N) is 1. The minimum atomic E-state index is 0.288. The molecule has 114 valence electrons. The van der Waals surface area contributed by atoms with E-state index in [4.69, 9.17) is 9.47 Å². The zero-order valence-corrected chi connectivity index (χ0v) is 13.6. The summed E-state index contributed by atoms with van der Waals surface area (Å²) in [5.74, 6) is 1.53. The monoisotopic (exact) mass is 306 g/mol. The van der Waals surface area contributed by atoms with Crippen molar-refractivity contribution in [3.8, 4) is 11.5 Å². The number of rotatable bonds is 8. The molecule has 1 atom stereocenters. The Morgan fingerprint density at radius 1 is 1.24 bits per heavy atom. The smallest absolute Gasteiger partial charge is 0.160 e. The molecule has 0 bridgehead atoms. The van der Waals surface area contributed by atoms with Crippen molar-refractivity contribution in [2.24, 2.45) is 0 Å². The molecule has 5 heteroatoms. The SMILES string of the molecule is CCCNC(Cc1ccc(OC)c(OC)c1)c1cncs1. The Morgan fingerprint density at radius 2 is 2.05 bits per heavy atom. The van der Waals surface area contributed by atoms with E-state index in [1.807, 2.05) is 23.8 Å². The van der Waals surface area contributed by atoms with Crippen molar-refractivity contribution < 1.29 is 9.47 Å². The van der Waals surface area contributed by atoms with Crippen molar-refractivity contribution in [2.75, 3.05) is 20.8 Å². The van der Waals surface area contributed by atoms with Gasteiger partial charge in [-0.25, -0.2) is 0 Å². The minimum absolute atomic E-state index is 0.288. The maximum atomic E-state index is 5.38. The number of ether oxygens (including phenoxy) is 2. The van der Waals surface area contributed by atoms with E-state index in [1.165, 1.54) is 10.4 Å². The number of methoxy groups -OCH3 is 2. The first-order valence-electron chi connectivity index (χ1n) is 7.11. The summed E-state index contributed by atoms with van der Waals surface area (Å²) in [7, 11) is 3.32. The highest BCUT2D eigenvalue weighted by molar-refractivity contribution is 7.09. The average molecular weight is 306 g/mol. The Morgan fingerprint density at radius 3 is 2.67 bits per heavy atom. The van der Waals surface area contributed by atoms with Gasteiger partial charge in [0.05, 0.1) is 19.7 Å². The first kappa shape index (κ1) is 15.8. The summed E-state index contributed by atoms with van der Waals surface area (Å²) in [6.07, 6.45) is 3.96. The van der Waals surface area contributed by atoms with Crippen LogP contribution < -0.4 is 14.8 Å². The topological polar surface area (TPSA) is 43.4 Å². The van der Waals surface area contributed by atoms with Crippen LogP contribution in [0.5, 0.6) is 11.5 Å². The van der Waals surface area contributed by atoms with Crippen molar-refractivity contribution in [1.29, 1.82) is 0 Å². The van der Waals surface area contributed by atoms with Gasteiger partial charge in [-0.05, 0) is 37.1 Å². The molecule has 2 rings (SSSR count). The van der Waals surface area contributed by atoms with Gasteiger partial charge in [0, 0.05) is 17.1 Å². The Bertz CT molecular complexity index is 543. The summed E-state index contributed by atoms with van der Waals surface area (Å²) in [5, 5.41) is 3.58. The molecule has 1 heterocycles.